The third-order valence-electron chi connectivity index (χ3n) is 4.58. The van der Waals surface area contributed by atoms with Crippen LogP contribution in [0.4, 0.5) is 5.69 Å². The van der Waals surface area contributed by atoms with E-state index in [9.17, 15) is 4.21 Å². The fourth-order valence-corrected chi connectivity index (χ4v) is 3.38. The normalized spacial score (nSPS) is 18.1. The van der Waals surface area contributed by atoms with Gasteiger partial charge >= 0.3 is 0 Å². The zero-order valence-electron chi connectivity index (χ0n) is 12.5. The summed E-state index contributed by atoms with van der Waals surface area (Å²) in [4.78, 5) is 2.36. The molecule has 1 fully saturated rings. The fraction of sp³-hybridized carbons (Fsp3) is 0.625. The highest BCUT2D eigenvalue weighted by Gasteiger charge is 2.25. The Labute approximate surface area is 119 Å². The summed E-state index contributed by atoms with van der Waals surface area (Å²) in [5.74, 6) is 2.21. The molecule has 0 bridgehead atoms. The van der Waals surface area contributed by atoms with E-state index in [1.165, 1.54) is 11.3 Å². The largest absolute Gasteiger partial charge is 0.370 e. The second-order valence-corrected chi connectivity index (χ2v) is 7.96. The molecule has 2 nitrogen and oxygen atoms in total. The van der Waals surface area contributed by atoms with Crippen LogP contribution in [-0.2, 0) is 16.2 Å². The summed E-state index contributed by atoms with van der Waals surface area (Å²) in [6, 6.07) is 8.87. The third kappa shape index (κ3) is 3.19. The topological polar surface area (TPSA) is 20.3 Å². The molecule has 19 heavy (non-hydrogen) atoms. The highest BCUT2D eigenvalue weighted by atomic mass is 32.2. The van der Waals surface area contributed by atoms with E-state index < -0.39 is 10.8 Å². The van der Waals surface area contributed by atoms with Crippen LogP contribution >= 0.6 is 0 Å². The van der Waals surface area contributed by atoms with Crippen molar-refractivity contribution in [3.05, 3.63) is 29.8 Å². The number of benzene rings is 1. The smallest absolute Gasteiger partial charge is 0.0411 e. The van der Waals surface area contributed by atoms with Crippen molar-refractivity contribution in [2.45, 2.75) is 33.1 Å². The van der Waals surface area contributed by atoms with Crippen LogP contribution in [0.3, 0.4) is 0 Å². The predicted octanol–water partition coefficient (Wildman–Crippen LogP) is 3.19. The van der Waals surface area contributed by atoms with Gasteiger partial charge in [-0.15, -0.1) is 0 Å². The van der Waals surface area contributed by atoms with Crippen LogP contribution in [-0.4, -0.2) is 28.8 Å². The van der Waals surface area contributed by atoms with Crippen molar-refractivity contribution >= 4 is 16.5 Å². The molecule has 106 valence electrons. The van der Waals surface area contributed by atoms with E-state index in [1.807, 2.05) is 0 Å². The lowest BCUT2D eigenvalue weighted by Crippen LogP contribution is -2.38. The molecule has 1 heterocycles. The number of rotatable bonds is 3. The summed E-state index contributed by atoms with van der Waals surface area (Å²) in [5.41, 5.74) is 2.86. The van der Waals surface area contributed by atoms with Gasteiger partial charge in [-0.1, -0.05) is 39.8 Å². The molecule has 1 aromatic carbocycles. The molecule has 0 aliphatic carbocycles. The highest BCUT2D eigenvalue weighted by molar-refractivity contribution is 7.85. The van der Waals surface area contributed by atoms with Crippen molar-refractivity contribution in [2.24, 2.45) is 5.92 Å². The average molecular weight is 279 g/mol. The summed E-state index contributed by atoms with van der Waals surface area (Å²) in [5, 5.41) is 0. The van der Waals surface area contributed by atoms with Crippen LogP contribution < -0.4 is 4.90 Å². The molecule has 1 aromatic rings. The highest BCUT2D eigenvalue weighted by Crippen LogP contribution is 2.33. The van der Waals surface area contributed by atoms with Gasteiger partial charge in [0, 0.05) is 41.1 Å². The fourth-order valence-electron chi connectivity index (χ4n) is 2.33. The van der Waals surface area contributed by atoms with Crippen LogP contribution in [0.5, 0.6) is 0 Å². The lowest BCUT2D eigenvalue weighted by molar-refractivity contribution is 0.372. The maximum Gasteiger partial charge on any atom is 0.0411 e. The molecule has 0 unspecified atom stereocenters. The monoisotopic (exact) mass is 279 g/mol. The van der Waals surface area contributed by atoms with Crippen molar-refractivity contribution in [2.75, 3.05) is 29.5 Å². The Morgan fingerprint density at radius 1 is 1.21 bits per heavy atom. The van der Waals surface area contributed by atoms with Gasteiger partial charge in [-0.3, -0.25) is 4.21 Å². The molecule has 0 spiro atoms. The van der Waals surface area contributed by atoms with Crippen LogP contribution in [0.2, 0.25) is 0 Å². The van der Waals surface area contributed by atoms with Gasteiger partial charge in [-0.25, -0.2) is 0 Å². The maximum atomic E-state index is 11.4. The van der Waals surface area contributed by atoms with Gasteiger partial charge in [0.05, 0.1) is 0 Å². The number of nitrogens with zero attached hydrogens (tertiary/aromatic N) is 1. The van der Waals surface area contributed by atoms with Crippen molar-refractivity contribution in [3.63, 3.8) is 0 Å². The Kier molecular flexibility index (Phi) is 4.34. The van der Waals surface area contributed by atoms with Gasteiger partial charge in [-0.05, 0) is 29.0 Å². The van der Waals surface area contributed by atoms with E-state index in [0.29, 0.717) is 5.92 Å². The van der Waals surface area contributed by atoms with Gasteiger partial charge in [-0.2, -0.15) is 0 Å². The minimum atomic E-state index is -0.606. The third-order valence-corrected chi connectivity index (χ3v) is 5.85. The van der Waals surface area contributed by atoms with E-state index in [0.717, 1.165) is 24.6 Å². The zero-order valence-corrected chi connectivity index (χ0v) is 13.3. The molecule has 0 saturated carbocycles. The van der Waals surface area contributed by atoms with Crippen molar-refractivity contribution in [1.82, 2.24) is 0 Å². The molecule has 0 aromatic heterocycles. The molecule has 0 atom stereocenters. The standard InChI is InChI=1S/C16H25NOS/c1-13(2)16(3,4)14-6-5-7-15(12-14)17-8-10-19(18)11-9-17/h5-7,12-13H,8-11H2,1-4H3. The van der Waals surface area contributed by atoms with Gasteiger partial charge in [0.2, 0.25) is 0 Å². The summed E-state index contributed by atoms with van der Waals surface area (Å²) in [6.07, 6.45) is 0. The molecular weight excluding hydrogens is 254 g/mol. The van der Waals surface area contributed by atoms with Crippen LogP contribution in [0.25, 0.3) is 0 Å². The van der Waals surface area contributed by atoms with E-state index in [1.54, 1.807) is 0 Å². The Hall–Kier alpha value is -0.830. The second kappa shape index (κ2) is 5.66. The first-order valence-electron chi connectivity index (χ1n) is 7.11. The Morgan fingerprint density at radius 2 is 1.84 bits per heavy atom. The molecule has 0 radical (unpaired) electrons. The first kappa shape index (κ1) is 14.6. The molecule has 0 N–H and O–H groups in total. The molecule has 0 amide bonds. The van der Waals surface area contributed by atoms with Gasteiger partial charge in [0.1, 0.15) is 0 Å². The zero-order chi connectivity index (χ0) is 14.0. The first-order valence-corrected chi connectivity index (χ1v) is 8.60. The average Bonchev–Trinajstić information content (AvgIpc) is 2.39. The minimum absolute atomic E-state index is 0.189. The number of hydrogen-bond acceptors (Lipinski definition) is 2. The van der Waals surface area contributed by atoms with E-state index >= 15 is 0 Å². The van der Waals surface area contributed by atoms with E-state index in [4.69, 9.17) is 0 Å². The molecule has 1 aliphatic rings. The van der Waals surface area contributed by atoms with Crippen LogP contribution in [0.15, 0.2) is 24.3 Å². The van der Waals surface area contributed by atoms with Crippen LogP contribution in [0.1, 0.15) is 33.3 Å². The molecule has 1 aliphatic heterocycles. The second-order valence-electron chi connectivity index (χ2n) is 6.26. The van der Waals surface area contributed by atoms with Gasteiger partial charge in [0.15, 0.2) is 0 Å². The summed E-state index contributed by atoms with van der Waals surface area (Å²) in [6.45, 7) is 11.0. The molecule has 1 saturated heterocycles. The molecule has 2 rings (SSSR count). The maximum absolute atomic E-state index is 11.4. The van der Waals surface area contributed by atoms with Gasteiger partial charge in [0.25, 0.3) is 0 Å². The number of anilines is 1. The Bertz CT molecular complexity index is 458. The summed E-state index contributed by atoms with van der Waals surface area (Å²) < 4.78 is 11.4. The van der Waals surface area contributed by atoms with Crippen molar-refractivity contribution in [1.29, 1.82) is 0 Å². The lowest BCUT2D eigenvalue weighted by atomic mass is 9.75. The number of hydrogen-bond donors (Lipinski definition) is 0. The van der Waals surface area contributed by atoms with E-state index in [2.05, 4.69) is 56.9 Å². The summed E-state index contributed by atoms with van der Waals surface area (Å²) >= 11 is 0. The Balaban J connectivity index is 2.22. The first-order chi connectivity index (χ1) is 8.91. The van der Waals surface area contributed by atoms with Crippen molar-refractivity contribution < 1.29 is 4.21 Å². The molecule has 3 heteroatoms. The Morgan fingerprint density at radius 3 is 2.42 bits per heavy atom. The SMILES string of the molecule is CC(C)C(C)(C)c1cccc(N2CCS(=O)CC2)c1. The summed E-state index contributed by atoms with van der Waals surface area (Å²) in [7, 11) is -0.606. The predicted molar refractivity (Wildman–Crippen MR) is 84.4 cm³/mol. The molecular formula is C16H25NOS. The van der Waals surface area contributed by atoms with E-state index in [-0.39, 0.29) is 5.41 Å². The minimum Gasteiger partial charge on any atom is -0.370 e. The quantitative estimate of drug-likeness (QED) is 0.847. The van der Waals surface area contributed by atoms with Crippen LogP contribution in [0, 0.1) is 5.92 Å². The lowest BCUT2D eigenvalue weighted by Gasteiger charge is -2.33. The van der Waals surface area contributed by atoms with Crippen molar-refractivity contribution in [3.8, 4) is 0 Å². The van der Waals surface area contributed by atoms with Gasteiger partial charge < -0.3 is 4.90 Å².